The molecule has 0 saturated carbocycles. The first kappa shape index (κ1) is 22.7. The maximum absolute atomic E-state index is 13.7. The van der Waals surface area contributed by atoms with E-state index in [0.717, 1.165) is 30.4 Å². The molecule has 0 aliphatic carbocycles. The third kappa shape index (κ3) is 4.54. The van der Waals surface area contributed by atoms with Gasteiger partial charge in [-0.25, -0.2) is 4.98 Å². The summed E-state index contributed by atoms with van der Waals surface area (Å²) in [6.45, 7) is 7.63. The molecule has 0 radical (unpaired) electrons. The zero-order chi connectivity index (χ0) is 23.8. The van der Waals surface area contributed by atoms with Crippen molar-refractivity contribution in [1.82, 2.24) is 19.6 Å². The first-order valence-electron chi connectivity index (χ1n) is 10.3. The lowest BCUT2D eigenvalue weighted by Gasteiger charge is -2.22. The number of carbonyl (C=O) groups excluding carboxylic acids is 1. The van der Waals surface area contributed by atoms with Crippen molar-refractivity contribution in [2.24, 2.45) is 0 Å². The molecule has 0 bridgehead atoms. The van der Waals surface area contributed by atoms with Crippen LogP contribution in [0.15, 0.2) is 41.8 Å². The molecular formula is C22H21F3N6OS. The number of hydrogen-bond acceptors (Lipinski definition) is 6. The first-order chi connectivity index (χ1) is 15.7. The van der Waals surface area contributed by atoms with Gasteiger partial charge in [0.15, 0.2) is 5.69 Å². The van der Waals surface area contributed by atoms with Crippen LogP contribution >= 0.6 is 11.3 Å². The number of carbonyl (C=O) groups is 1. The third-order valence-electron chi connectivity index (χ3n) is 5.17. The molecule has 0 aliphatic rings. The van der Waals surface area contributed by atoms with Crippen molar-refractivity contribution in [2.75, 3.05) is 23.3 Å². The number of aryl methyl sites for hydroxylation is 1. The van der Waals surface area contributed by atoms with Crippen LogP contribution in [-0.2, 0) is 6.18 Å². The fourth-order valence-corrected chi connectivity index (χ4v) is 4.16. The maximum Gasteiger partial charge on any atom is 0.433 e. The number of amides is 1. The Hall–Kier alpha value is -3.47. The summed E-state index contributed by atoms with van der Waals surface area (Å²) in [7, 11) is 0. The van der Waals surface area contributed by atoms with Gasteiger partial charge >= 0.3 is 6.18 Å². The van der Waals surface area contributed by atoms with Crippen LogP contribution in [0.5, 0.6) is 0 Å². The van der Waals surface area contributed by atoms with E-state index in [2.05, 4.69) is 39.1 Å². The highest BCUT2D eigenvalue weighted by molar-refractivity contribution is 7.13. The van der Waals surface area contributed by atoms with Gasteiger partial charge in [0.2, 0.25) is 5.82 Å². The van der Waals surface area contributed by atoms with Crippen LogP contribution in [0.25, 0.3) is 16.3 Å². The smallest absolute Gasteiger partial charge is 0.372 e. The van der Waals surface area contributed by atoms with Gasteiger partial charge in [0.25, 0.3) is 11.7 Å². The molecule has 3 heterocycles. The van der Waals surface area contributed by atoms with Gasteiger partial charge in [0.1, 0.15) is 0 Å². The summed E-state index contributed by atoms with van der Waals surface area (Å²) in [6.07, 6.45) is -4.70. The fraction of sp³-hybridized carbons (Fsp3) is 0.273. The first-order valence-corrected chi connectivity index (χ1v) is 11.1. The number of alkyl halides is 3. The van der Waals surface area contributed by atoms with Gasteiger partial charge in [-0.05, 0) is 62.0 Å². The molecule has 11 heteroatoms. The predicted octanol–water partition coefficient (Wildman–Crippen LogP) is 5.28. The molecule has 1 amide bonds. The molecule has 0 saturated heterocycles. The van der Waals surface area contributed by atoms with E-state index in [4.69, 9.17) is 0 Å². The van der Waals surface area contributed by atoms with Gasteiger partial charge in [0.05, 0.1) is 10.6 Å². The van der Waals surface area contributed by atoms with E-state index in [0.29, 0.717) is 15.1 Å². The SMILES string of the molecule is CCN(CC)c1ccc(NC(=O)c2nc3nc(-c4cccs4)cc(C(F)(F)F)n3n2)c(C)c1. The standard InChI is InChI=1S/C22H21F3N6OS/c1-4-30(5-2)14-8-9-15(13(3)11-14)26-20(32)19-28-21-27-16(17-7-6-10-33-17)12-18(22(23,24)25)31(21)29-19/h6-12H,4-5H2,1-3H3,(H,26,32). The number of halogens is 3. The van der Waals surface area contributed by atoms with Crippen LogP contribution in [0, 0.1) is 6.92 Å². The summed E-state index contributed by atoms with van der Waals surface area (Å²) in [4.78, 5) is 23.7. The summed E-state index contributed by atoms with van der Waals surface area (Å²) < 4.78 is 41.6. The summed E-state index contributed by atoms with van der Waals surface area (Å²) in [6, 6.07) is 9.86. The zero-order valence-electron chi connectivity index (χ0n) is 18.1. The molecule has 3 aromatic heterocycles. The van der Waals surface area contributed by atoms with Gasteiger partial charge < -0.3 is 10.2 Å². The van der Waals surface area contributed by atoms with E-state index in [1.807, 2.05) is 19.1 Å². The summed E-state index contributed by atoms with van der Waals surface area (Å²) in [5, 5.41) is 8.23. The van der Waals surface area contributed by atoms with Crippen molar-refractivity contribution in [3.8, 4) is 10.6 Å². The molecular weight excluding hydrogens is 453 g/mol. The number of rotatable bonds is 6. The van der Waals surface area contributed by atoms with Crippen molar-refractivity contribution in [1.29, 1.82) is 0 Å². The minimum atomic E-state index is -4.70. The lowest BCUT2D eigenvalue weighted by atomic mass is 10.1. The molecule has 33 heavy (non-hydrogen) atoms. The fourth-order valence-electron chi connectivity index (χ4n) is 3.47. The van der Waals surface area contributed by atoms with Gasteiger partial charge in [-0.3, -0.25) is 4.79 Å². The number of anilines is 2. The molecule has 172 valence electrons. The lowest BCUT2D eigenvalue weighted by Crippen LogP contribution is -2.22. The van der Waals surface area contributed by atoms with Crippen molar-refractivity contribution in [3.63, 3.8) is 0 Å². The number of benzene rings is 1. The lowest BCUT2D eigenvalue weighted by molar-refractivity contribution is -0.142. The van der Waals surface area contributed by atoms with Crippen LogP contribution in [0.3, 0.4) is 0 Å². The second-order valence-corrected chi connectivity index (χ2v) is 8.22. The monoisotopic (exact) mass is 474 g/mol. The topological polar surface area (TPSA) is 75.4 Å². The Morgan fingerprint density at radius 3 is 2.52 bits per heavy atom. The molecule has 0 atom stereocenters. The van der Waals surface area contributed by atoms with Gasteiger partial charge in [0, 0.05) is 24.5 Å². The highest BCUT2D eigenvalue weighted by Gasteiger charge is 2.36. The average Bonchev–Trinajstić information content (AvgIpc) is 3.45. The molecule has 0 spiro atoms. The Labute approximate surface area is 191 Å². The number of thiophene rings is 1. The van der Waals surface area contributed by atoms with Crippen LogP contribution in [0.1, 0.15) is 35.7 Å². The second-order valence-electron chi connectivity index (χ2n) is 7.27. The van der Waals surface area contributed by atoms with Crippen molar-refractivity contribution < 1.29 is 18.0 Å². The predicted molar refractivity (Wildman–Crippen MR) is 122 cm³/mol. The molecule has 0 unspecified atom stereocenters. The van der Waals surface area contributed by atoms with E-state index in [1.165, 1.54) is 11.3 Å². The summed E-state index contributed by atoms with van der Waals surface area (Å²) in [5.41, 5.74) is 1.42. The Bertz CT molecular complexity index is 1300. The maximum atomic E-state index is 13.7. The normalized spacial score (nSPS) is 11.7. The van der Waals surface area contributed by atoms with Crippen molar-refractivity contribution in [2.45, 2.75) is 26.9 Å². The van der Waals surface area contributed by atoms with Gasteiger partial charge in [-0.1, -0.05) is 6.07 Å². The van der Waals surface area contributed by atoms with Gasteiger partial charge in [-0.2, -0.15) is 22.7 Å². The second kappa shape index (κ2) is 8.81. The van der Waals surface area contributed by atoms with E-state index < -0.39 is 23.6 Å². The molecule has 4 aromatic rings. The van der Waals surface area contributed by atoms with Crippen molar-refractivity contribution in [3.05, 3.63) is 58.9 Å². The van der Waals surface area contributed by atoms with Crippen LogP contribution in [0.4, 0.5) is 24.5 Å². The minimum Gasteiger partial charge on any atom is -0.372 e. The van der Waals surface area contributed by atoms with E-state index >= 15 is 0 Å². The summed E-state index contributed by atoms with van der Waals surface area (Å²) >= 11 is 1.26. The Morgan fingerprint density at radius 2 is 1.91 bits per heavy atom. The number of hydrogen-bond donors (Lipinski definition) is 1. The quantitative estimate of drug-likeness (QED) is 0.412. The molecule has 7 nitrogen and oxygen atoms in total. The third-order valence-corrected chi connectivity index (χ3v) is 6.06. The Kier molecular flexibility index (Phi) is 6.07. The van der Waals surface area contributed by atoms with Crippen LogP contribution in [0.2, 0.25) is 0 Å². The average molecular weight is 475 g/mol. The summed E-state index contributed by atoms with van der Waals surface area (Å²) in [5.74, 6) is -1.42. The van der Waals surface area contributed by atoms with Crippen LogP contribution in [-0.4, -0.2) is 38.6 Å². The molecule has 4 rings (SSSR count). The molecule has 0 fully saturated rings. The zero-order valence-corrected chi connectivity index (χ0v) is 19.0. The highest BCUT2D eigenvalue weighted by Crippen LogP contribution is 2.33. The van der Waals surface area contributed by atoms with E-state index in [-0.39, 0.29) is 11.5 Å². The van der Waals surface area contributed by atoms with E-state index in [9.17, 15) is 18.0 Å². The number of fused-ring (bicyclic) bond motifs is 1. The van der Waals surface area contributed by atoms with Crippen molar-refractivity contribution >= 4 is 34.4 Å². The van der Waals surface area contributed by atoms with Crippen LogP contribution < -0.4 is 10.2 Å². The number of aromatic nitrogens is 4. The highest BCUT2D eigenvalue weighted by atomic mass is 32.1. The molecule has 1 aromatic carbocycles. The number of nitrogens with one attached hydrogen (secondary N) is 1. The largest absolute Gasteiger partial charge is 0.433 e. The molecule has 1 N–H and O–H groups in total. The van der Waals surface area contributed by atoms with E-state index in [1.54, 1.807) is 23.6 Å². The Morgan fingerprint density at radius 1 is 1.15 bits per heavy atom. The molecule has 0 aliphatic heterocycles. The minimum absolute atomic E-state index is 0.118. The Balaban J connectivity index is 1.68. The van der Waals surface area contributed by atoms with Gasteiger partial charge in [-0.15, -0.1) is 16.4 Å². The number of nitrogens with zero attached hydrogens (tertiary/aromatic N) is 5.